The molecule has 5 nitrogen and oxygen atoms in total. The SMILES string of the molecule is Cc1nn(C)cc1CNC(=O)COc1ccccc1C(C)C. The van der Waals surface area contributed by atoms with Crippen LogP contribution in [0, 0.1) is 6.92 Å². The molecule has 1 heterocycles. The number of amides is 1. The van der Waals surface area contributed by atoms with Crippen LogP contribution in [0.25, 0.3) is 0 Å². The first-order valence-electron chi connectivity index (χ1n) is 7.45. The van der Waals surface area contributed by atoms with E-state index in [2.05, 4.69) is 24.3 Å². The van der Waals surface area contributed by atoms with E-state index >= 15 is 0 Å². The van der Waals surface area contributed by atoms with E-state index in [-0.39, 0.29) is 12.5 Å². The van der Waals surface area contributed by atoms with E-state index in [0.29, 0.717) is 12.5 Å². The number of carbonyl (C=O) groups is 1. The Bertz CT molecular complexity index is 647. The molecule has 0 atom stereocenters. The molecule has 0 saturated carbocycles. The van der Waals surface area contributed by atoms with Gasteiger partial charge in [0.2, 0.25) is 0 Å². The third kappa shape index (κ3) is 4.10. The second-order valence-electron chi connectivity index (χ2n) is 5.67. The van der Waals surface area contributed by atoms with E-state index in [1.807, 2.05) is 44.4 Å². The number of para-hydroxylation sites is 1. The Morgan fingerprint density at radius 3 is 2.73 bits per heavy atom. The zero-order valence-electron chi connectivity index (χ0n) is 13.6. The predicted molar refractivity (Wildman–Crippen MR) is 85.8 cm³/mol. The molecule has 22 heavy (non-hydrogen) atoms. The molecule has 1 aromatic heterocycles. The molecule has 0 spiro atoms. The Morgan fingerprint density at radius 1 is 1.36 bits per heavy atom. The highest BCUT2D eigenvalue weighted by atomic mass is 16.5. The maximum absolute atomic E-state index is 11.9. The van der Waals surface area contributed by atoms with Gasteiger partial charge in [-0.1, -0.05) is 32.0 Å². The molecule has 0 radical (unpaired) electrons. The third-order valence-electron chi connectivity index (χ3n) is 3.49. The van der Waals surface area contributed by atoms with Crippen molar-refractivity contribution in [2.75, 3.05) is 6.61 Å². The van der Waals surface area contributed by atoms with Crippen molar-refractivity contribution in [3.8, 4) is 5.75 Å². The molecule has 118 valence electrons. The summed E-state index contributed by atoms with van der Waals surface area (Å²) < 4.78 is 7.39. The van der Waals surface area contributed by atoms with Crippen molar-refractivity contribution in [2.45, 2.75) is 33.2 Å². The summed E-state index contributed by atoms with van der Waals surface area (Å²) in [5, 5.41) is 7.10. The van der Waals surface area contributed by atoms with Crippen molar-refractivity contribution in [3.05, 3.63) is 47.3 Å². The van der Waals surface area contributed by atoms with Crippen molar-refractivity contribution in [2.24, 2.45) is 7.05 Å². The molecule has 2 rings (SSSR count). The smallest absolute Gasteiger partial charge is 0.258 e. The number of carbonyl (C=O) groups excluding carboxylic acids is 1. The molecule has 0 aliphatic carbocycles. The van der Waals surface area contributed by atoms with Crippen molar-refractivity contribution in [3.63, 3.8) is 0 Å². The quantitative estimate of drug-likeness (QED) is 0.892. The highest BCUT2D eigenvalue weighted by Gasteiger charge is 2.10. The second kappa shape index (κ2) is 7.11. The average molecular weight is 301 g/mol. The van der Waals surface area contributed by atoms with Crippen LogP contribution in [-0.2, 0) is 18.4 Å². The molecule has 1 N–H and O–H groups in total. The zero-order chi connectivity index (χ0) is 16.1. The van der Waals surface area contributed by atoms with Crippen molar-refractivity contribution in [1.82, 2.24) is 15.1 Å². The van der Waals surface area contributed by atoms with Gasteiger partial charge in [-0.25, -0.2) is 0 Å². The highest BCUT2D eigenvalue weighted by molar-refractivity contribution is 5.77. The lowest BCUT2D eigenvalue weighted by molar-refractivity contribution is -0.123. The number of hydrogen-bond donors (Lipinski definition) is 1. The van der Waals surface area contributed by atoms with Crippen LogP contribution in [0.15, 0.2) is 30.5 Å². The van der Waals surface area contributed by atoms with Gasteiger partial charge in [-0.2, -0.15) is 5.10 Å². The summed E-state index contributed by atoms with van der Waals surface area (Å²) in [6, 6.07) is 7.82. The van der Waals surface area contributed by atoms with Crippen molar-refractivity contribution in [1.29, 1.82) is 0 Å². The lowest BCUT2D eigenvalue weighted by atomic mass is 10.0. The molecular formula is C17H23N3O2. The minimum Gasteiger partial charge on any atom is -0.483 e. The summed E-state index contributed by atoms with van der Waals surface area (Å²) in [5.41, 5.74) is 3.05. The summed E-state index contributed by atoms with van der Waals surface area (Å²) in [7, 11) is 1.87. The molecule has 0 bridgehead atoms. The van der Waals surface area contributed by atoms with Crippen LogP contribution in [0.1, 0.15) is 36.6 Å². The van der Waals surface area contributed by atoms with Gasteiger partial charge in [-0.15, -0.1) is 0 Å². The van der Waals surface area contributed by atoms with Gasteiger partial charge in [0.1, 0.15) is 5.75 Å². The average Bonchev–Trinajstić information content (AvgIpc) is 2.81. The van der Waals surface area contributed by atoms with Gasteiger partial charge in [-0.05, 0) is 24.5 Å². The molecule has 1 amide bonds. The Hall–Kier alpha value is -2.30. The van der Waals surface area contributed by atoms with Gasteiger partial charge in [0.25, 0.3) is 5.91 Å². The summed E-state index contributed by atoms with van der Waals surface area (Å²) in [5.74, 6) is 0.990. The first-order chi connectivity index (χ1) is 10.5. The molecular weight excluding hydrogens is 278 g/mol. The van der Waals surface area contributed by atoms with Gasteiger partial charge in [-0.3, -0.25) is 9.48 Å². The first-order valence-corrected chi connectivity index (χ1v) is 7.45. The summed E-state index contributed by atoms with van der Waals surface area (Å²) in [6.45, 7) is 6.62. The molecule has 2 aromatic rings. The van der Waals surface area contributed by atoms with E-state index in [1.165, 1.54) is 0 Å². The lowest BCUT2D eigenvalue weighted by Crippen LogP contribution is -2.28. The van der Waals surface area contributed by atoms with Gasteiger partial charge in [0.15, 0.2) is 6.61 Å². The molecule has 0 fully saturated rings. The fourth-order valence-electron chi connectivity index (χ4n) is 2.30. The van der Waals surface area contributed by atoms with Crippen LogP contribution in [0.3, 0.4) is 0 Å². The van der Waals surface area contributed by atoms with Crippen LogP contribution in [0.2, 0.25) is 0 Å². The van der Waals surface area contributed by atoms with Crippen molar-refractivity contribution >= 4 is 5.91 Å². The van der Waals surface area contributed by atoms with E-state index in [4.69, 9.17) is 4.74 Å². The van der Waals surface area contributed by atoms with Crippen LogP contribution < -0.4 is 10.1 Å². The number of aromatic nitrogens is 2. The van der Waals surface area contributed by atoms with Gasteiger partial charge in [0, 0.05) is 25.4 Å². The normalized spacial score (nSPS) is 10.8. The minimum atomic E-state index is -0.137. The number of benzene rings is 1. The van der Waals surface area contributed by atoms with E-state index < -0.39 is 0 Å². The molecule has 1 aromatic carbocycles. The Morgan fingerprint density at radius 2 is 2.09 bits per heavy atom. The second-order valence-corrected chi connectivity index (χ2v) is 5.67. The third-order valence-corrected chi connectivity index (χ3v) is 3.49. The van der Waals surface area contributed by atoms with E-state index in [1.54, 1.807) is 4.68 Å². The largest absolute Gasteiger partial charge is 0.483 e. The minimum absolute atomic E-state index is 0.0169. The molecule has 0 unspecified atom stereocenters. The molecule has 0 aliphatic rings. The van der Waals surface area contributed by atoms with Gasteiger partial charge >= 0.3 is 0 Å². The number of ether oxygens (including phenoxy) is 1. The molecule has 0 aliphatic heterocycles. The number of nitrogens with zero attached hydrogens (tertiary/aromatic N) is 2. The maximum Gasteiger partial charge on any atom is 0.258 e. The Labute approximate surface area is 131 Å². The predicted octanol–water partition coefficient (Wildman–Crippen LogP) is 2.55. The number of aryl methyl sites for hydroxylation is 2. The first kappa shape index (κ1) is 16.1. The number of rotatable bonds is 6. The summed E-state index contributed by atoms with van der Waals surface area (Å²) in [4.78, 5) is 11.9. The zero-order valence-corrected chi connectivity index (χ0v) is 13.6. The number of nitrogens with one attached hydrogen (secondary N) is 1. The van der Waals surface area contributed by atoms with E-state index in [0.717, 1.165) is 22.6 Å². The van der Waals surface area contributed by atoms with E-state index in [9.17, 15) is 4.79 Å². The summed E-state index contributed by atoms with van der Waals surface area (Å²) in [6.07, 6.45) is 1.91. The highest BCUT2D eigenvalue weighted by Crippen LogP contribution is 2.25. The molecule has 5 heteroatoms. The van der Waals surface area contributed by atoms with Gasteiger partial charge in [0.05, 0.1) is 5.69 Å². The Kier molecular flexibility index (Phi) is 5.20. The Balaban J connectivity index is 1.87. The lowest BCUT2D eigenvalue weighted by Gasteiger charge is -2.13. The monoisotopic (exact) mass is 301 g/mol. The number of hydrogen-bond acceptors (Lipinski definition) is 3. The van der Waals surface area contributed by atoms with Crippen LogP contribution in [-0.4, -0.2) is 22.3 Å². The topological polar surface area (TPSA) is 56.2 Å². The van der Waals surface area contributed by atoms with Gasteiger partial charge < -0.3 is 10.1 Å². The van der Waals surface area contributed by atoms with Crippen LogP contribution in [0.5, 0.6) is 5.75 Å². The van der Waals surface area contributed by atoms with Crippen LogP contribution in [0.4, 0.5) is 0 Å². The van der Waals surface area contributed by atoms with Crippen molar-refractivity contribution < 1.29 is 9.53 Å². The fraction of sp³-hybridized carbons (Fsp3) is 0.412. The standard InChI is InChI=1S/C17H23N3O2/c1-12(2)15-7-5-6-8-16(15)22-11-17(21)18-9-14-10-20(4)19-13(14)3/h5-8,10,12H,9,11H2,1-4H3,(H,18,21). The summed E-state index contributed by atoms with van der Waals surface area (Å²) >= 11 is 0. The fourth-order valence-corrected chi connectivity index (χ4v) is 2.30. The van der Waals surface area contributed by atoms with Crippen LogP contribution >= 0.6 is 0 Å². The maximum atomic E-state index is 11.9. The molecule has 0 saturated heterocycles.